The number of nitrogens with zero attached hydrogens (tertiary/aromatic N) is 4. The first-order valence-corrected chi connectivity index (χ1v) is 7.90. The van der Waals surface area contributed by atoms with Gasteiger partial charge in [0.05, 0.1) is 5.69 Å². The van der Waals surface area contributed by atoms with Crippen LogP contribution in [0.4, 0.5) is 11.5 Å². The SMILES string of the molecule is c1ccc(-c2cc(Nc3ccncc3)nc(-c3cccnc3)n2)cc1. The molecular weight excluding hydrogens is 310 g/mol. The molecule has 0 aliphatic heterocycles. The summed E-state index contributed by atoms with van der Waals surface area (Å²) in [6, 6.07) is 19.6. The smallest absolute Gasteiger partial charge is 0.163 e. The molecule has 0 aliphatic rings. The summed E-state index contributed by atoms with van der Waals surface area (Å²) >= 11 is 0. The number of rotatable bonds is 4. The average molecular weight is 325 g/mol. The van der Waals surface area contributed by atoms with Gasteiger partial charge in [-0.3, -0.25) is 9.97 Å². The number of hydrogen-bond acceptors (Lipinski definition) is 5. The molecular formula is C20H15N5. The quantitative estimate of drug-likeness (QED) is 0.604. The van der Waals surface area contributed by atoms with Crippen molar-refractivity contribution in [1.29, 1.82) is 0 Å². The number of benzene rings is 1. The second kappa shape index (κ2) is 6.88. The van der Waals surface area contributed by atoms with Crippen LogP contribution in [-0.2, 0) is 0 Å². The second-order valence-electron chi connectivity index (χ2n) is 5.43. The van der Waals surface area contributed by atoms with E-state index in [9.17, 15) is 0 Å². The molecule has 3 aromatic heterocycles. The highest BCUT2D eigenvalue weighted by atomic mass is 15.0. The van der Waals surface area contributed by atoms with E-state index in [0.29, 0.717) is 5.82 Å². The number of hydrogen-bond donors (Lipinski definition) is 1. The zero-order valence-electron chi connectivity index (χ0n) is 13.4. The van der Waals surface area contributed by atoms with Crippen molar-refractivity contribution in [3.05, 3.63) is 85.5 Å². The zero-order chi connectivity index (χ0) is 16.9. The Balaban J connectivity index is 1.80. The Morgan fingerprint density at radius 1 is 0.680 bits per heavy atom. The van der Waals surface area contributed by atoms with Gasteiger partial charge < -0.3 is 5.32 Å². The van der Waals surface area contributed by atoms with E-state index in [4.69, 9.17) is 4.98 Å². The maximum absolute atomic E-state index is 4.71. The Hall–Kier alpha value is -3.60. The van der Waals surface area contributed by atoms with Crippen LogP contribution in [-0.4, -0.2) is 19.9 Å². The molecule has 4 rings (SSSR count). The van der Waals surface area contributed by atoms with Gasteiger partial charge in [0.15, 0.2) is 5.82 Å². The molecule has 0 bridgehead atoms. The summed E-state index contributed by atoms with van der Waals surface area (Å²) in [6.07, 6.45) is 6.98. The largest absolute Gasteiger partial charge is 0.340 e. The van der Waals surface area contributed by atoms with Gasteiger partial charge in [-0.2, -0.15) is 0 Å². The minimum Gasteiger partial charge on any atom is -0.340 e. The van der Waals surface area contributed by atoms with Crippen molar-refractivity contribution < 1.29 is 0 Å². The minimum atomic E-state index is 0.631. The number of nitrogens with one attached hydrogen (secondary N) is 1. The average Bonchev–Trinajstić information content (AvgIpc) is 2.70. The van der Waals surface area contributed by atoms with E-state index < -0.39 is 0 Å². The monoisotopic (exact) mass is 325 g/mol. The highest BCUT2D eigenvalue weighted by molar-refractivity contribution is 5.69. The lowest BCUT2D eigenvalue weighted by Gasteiger charge is -2.10. The Bertz CT molecular complexity index is 899. The minimum absolute atomic E-state index is 0.631. The van der Waals surface area contributed by atoms with Crippen molar-refractivity contribution in [2.75, 3.05) is 5.32 Å². The van der Waals surface area contributed by atoms with Crippen molar-refractivity contribution in [2.24, 2.45) is 0 Å². The molecule has 0 spiro atoms. The fourth-order valence-corrected chi connectivity index (χ4v) is 2.48. The summed E-state index contributed by atoms with van der Waals surface area (Å²) in [5.74, 6) is 1.35. The summed E-state index contributed by atoms with van der Waals surface area (Å²) in [5.41, 5.74) is 3.68. The Morgan fingerprint density at radius 3 is 2.24 bits per heavy atom. The van der Waals surface area contributed by atoms with Gasteiger partial charge in [-0.15, -0.1) is 0 Å². The Morgan fingerprint density at radius 2 is 1.48 bits per heavy atom. The van der Waals surface area contributed by atoms with Crippen LogP contribution in [0.2, 0.25) is 0 Å². The summed E-state index contributed by atoms with van der Waals surface area (Å²) in [4.78, 5) is 17.6. The molecule has 0 fully saturated rings. The molecule has 1 aromatic carbocycles. The van der Waals surface area contributed by atoms with E-state index >= 15 is 0 Å². The summed E-state index contributed by atoms with van der Waals surface area (Å²) < 4.78 is 0. The van der Waals surface area contributed by atoms with Crippen molar-refractivity contribution >= 4 is 11.5 Å². The van der Waals surface area contributed by atoms with E-state index in [1.165, 1.54) is 0 Å². The maximum atomic E-state index is 4.71. The Kier molecular flexibility index (Phi) is 4.12. The molecule has 5 nitrogen and oxygen atoms in total. The normalized spacial score (nSPS) is 10.4. The van der Waals surface area contributed by atoms with Crippen LogP contribution in [0.1, 0.15) is 0 Å². The van der Waals surface area contributed by atoms with Gasteiger partial charge in [0.2, 0.25) is 0 Å². The van der Waals surface area contributed by atoms with Gasteiger partial charge >= 0.3 is 0 Å². The number of pyridine rings is 2. The first kappa shape index (κ1) is 15.0. The first-order chi connectivity index (χ1) is 12.4. The van der Waals surface area contributed by atoms with Gasteiger partial charge in [0.25, 0.3) is 0 Å². The zero-order valence-corrected chi connectivity index (χ0v) is 13.4. The molecule has 4 aromatic rings. The molecule has 1 N–H and O–H groups in total. The van der Waals surface area contributed by atoms with Crippen LogP contribution in [0.15, 0.2) is 85.5 Å². The molecule has 5 heteroatoms. The van der Waals surface area contributed by atoms with E-state index in [2.05, 4.69) is 20.3 Å². The van der Waals surface area contributed by atoms with Crippen molar-refractivity contribution in [3.8, 4) is 22.6 Å². The van der Waals surface area contributed by atoms with Gasteiger partial charge in [0, 0.05) is 47.7 Å². The fraction of sp³-hybridized carbons (Fsp3) is 0. The van der Waals surface area contributed by atoms with Crippen LogP contribution >= 0.6 is 0 Å². The van der Waals surface area contributed by atoms with E-state index in [1.807, 2.05) is 60.7 Å². The third-order valence-electron chi connectivity index (χ3n) is 3.67. The van der Waals surface area contributed by atoms with Crippen molar-refractivity contribution in [2.45, 2.75) is 0 Å². The summed E-state index contributed by atoms with van der Waals surface area (Å²) in [6.45, 7) is 0. The first-order valence-electron chi connectivity index (χ1n) is 7.90. The van der Waals surface area contributed by atoms with Crippen molar-refractivity contribution in [3.63, 3.8) is 0 Å². The van der Waals surface area contributed by atoms with Crippen LogP contribution in [0.5, 0.6) is 0 Å². The predicted octanol–water partition coefficient (Wildman–Crippen LogP) is 4.34. The van der Waals surface area contributed by atoms with Crippen LogP contribution in [0.25, 0.3) is 22.6 Å². The molecule has 0 radical (unpaired) electrons. The number of anilines is 2. The number of aromatic nitrogens is 4. The molecule has 0 aliphatic carbocycles. The molecule has 3 heterocycles. The highest BCUT2D eigenvalue weighted by Crippen LogP contribution is 2.25. The van der Waals surface area contributed by atoms with Gasteiger partial charge in [-0.1, -0.05) is 30.3 Å². The van der Waals surface area contributed by atoms with E-state index in [-0.39, 0.29) is 0 Å². The predicted molar refractivity (Wildman–Crippen MR) is 98.2 cm³/mol. The molecule has 0 saturated heterocycles. The van der Waals surface area contributed by atoms with Gasteiger partial charge in [-0.25, -0.2) is 9.97 Å². The summed E-state index contributed by atoms with van der Waals surface area (Å²) in [5, 5.41) is 3.31. The molecule has 0 unspecified atom stereocenters. The highest BCUT2D eigenvalue weighted by Gasteiger charge is 2.09. The van der Waals surface area contributed by atoms with Crippen molar-refractivity contribution in [1.82, 2.24) is 19.9 Å². The maximum Gasteiger partial charge on any atom is 0.163 e. The lowest BCUT2D eigenvalue weighted by molar-refractivity contribution is 1.16. The van der Waals surface area contributed by atoms with E-state index in [1.54, 1.807) is 24.8 Å². The molecule has 25 heavy (non-hydrogen) atoms. The van der Waals surface area contributed by atoms with Crippen LogP contribution in [0, 0.1) is 0 Å². The molecule has 0 amide bonds. The molecule has 120 valence electrons. The van der Waals surface area contributed by atoms with E-state index in [0.717, 1.165) is 28.3 Å². The fourth-order valence-electron chi connectivity index (χ4n) is 2.48. The van der Waals surface area contributed by atoms with Gasteiger partial charge in [0.1, 0.15) is 5.82 Å². The van der Waals surface area contributed by atoms with Gasteiger partial charge in [-0.05, 0) is 24.3 Å². The second-order valence-corrected chi connectivity index (χ2v) is 5.43. The Labute approximate surface area is 145 Å². The third-order valence-corrected chi connectivity index (χ3v) is 3.67. The van der Waals surface area contributed by atoms with Crippen LogP contribution in [0.3, 0.4) is 0 Å². The third kappa shape index (κ3) is 3.50. The lowest BCUT2D eigenvalue weighted by Crippen LogP contribution is -1.99. The summed E-state index contributed by atoms with van der Waals surface area (Å²) in [7, 11) is 0. The molecule has 0 saturated carbocycles. The lowest BCUT2D eigenvalue weighted by atomic mass is 10.1. The topological polar surface area (TPSA) is 63.6 Å². The van der Waals surface area contributed by atoms with Crippen LogP contribution < -0.4 is 5.32 Å². The standard InChI is InChI=1S/C20H15N5/c1-2-5-15(6-3-1)18-13-19(23-17-8-11-21-12-9-17)25-20(24-18)16-7-4-10-22-14-16/h1-14H,(H,21,23,24,25). The molecule has 0 atom stereocenters.